The Labute approximate surface area is 118 Å². The van der Waals surface area contributed by atoms with E-state index in [1.165, 1.54) is 11.3 Å². The predicted molar refractivity (Wildman–Crippen MR) is 76.1 cm³/mol. The fourth-order valence-corrected chi connectivity index (χ4v) is 2.57. The minimum Gasteiger partial charge on any atom is -0.283 e. The third-order valence-corrected chi connectivity index (χ3v) is 3.80. The molecule has 0 aliphatic rings. The van der Waals surface area contributed by atoms with Gasteiger partial charge < -0.3 is 0 Å². The molecular formula is C12H12BrN3OS. The van der Waals surface area contributed by atoms with Gasteiger partial charge in [0.25, 0.3) is 5.91 Å². The summed E-state index contributed by atoms with van der Waals surface area (Å²) in [7, 11) is 0. The summed E-state index contributed by atoms with van der Waals surface area (Å²) in [5.41, 5.74) is 1.35. The van der Waals surface area contributed by atoms with Gasteiger partial charge in [0.1, 0.15) is 5.69 Å². The molecule has 18 heavy (non-hydrogen) atoms. The Kier molecular flexibility index (Phi) is 4.08. The molecule has 94 valence electrons. The molecule has 0 saturated carbocycles. The van der Waals surface area contributed by atoms with Crippen LogP contribution >= 0.6 is 27.3 Å². The monoisotopic (exact) mass is 325 g/mol. The second-order valence-corrected chi connectivity index (χ2v) is 5.43. The number of carbonyl (C=O) groups excluding carboxylic acids is 1. The number of anilines is 1. The van der Waals surface area contributed by atoms with E-state index in [2.05, 4.69) is 25.9 Å². The zero-order valence-electron chi connectivity index (χ0n) is 10.1. The Hall–Kier alpha value is -1.27. The van der Waals surface area contributed by atoms with Crippen LogP contribution in [0.1, 0.15) is 23.1 Å². The van der Waals surface area contributed by atoms with Gasteiger partial charge in [-0.05, 0) is 41.9 Å². The summed E-state index contributed by atoms with van der Waals surface area (Å²) in [4.78, 5) is 22.4. The smallest absolute Gasteiger partial charge is 0.278 e. The van der Waals surface area contributed by atoms with Crippen molar-refractivity contribution in [2.24, 2.45) is 0 Å². The minimum atomic E-state index is -0.126. The van der Waals surface area contributed by atoms with Crippen LogP contribution in [0.2, 0.25) is 0 Å². The van der Waals surface area contributed by atoms with Gasteiger partial charge in [-0.2, -0.15) is 0 Å². The van der Waals surface area contributed by atoms with E-state index in [1.807, 2.05) is 19.2 Å². The number of pyridine rings is 1. The molecule has 4 nitrogen and oxygen atoms in total. The van der Waals surface area contributed by atoms with Crippen molar-refractivity contribution in [3.63, 3.8) is 0 Å². The third kappa shape index (κ3) is 2.76. The minimum absolute atomic E-state index is 0.126. The molecule has 0 spiro atoms. The first-order valence-corrected chi connectivity index (χ1v) is 7.14. The van der Waals surface area contributed by atoms with E-state index >= 15 is 0 Å². The lowest BCUT2D eigenvalue weighted by atomic mass is 10.3. The number of halogens is 1. The lowest BCUT2D eigenvalue weighted by Gasteiger charge is -2.16. The number of nitrogens with zero attached hydrogens (tertiary/aromatic N) is 3. The van der Waals surface area contributed by atoms with Crippen molar-refractivity contribution < 1.29 is 4.79 Å². The van der Waals surface area contributed by atoms with Crippen LogP contribution < -0.4 is 4.90 Å². The molecule has 0 aromatic carbocycles. The van der Waals surface area contributed by atoms with Crippen LogP contribution in [0, 0.1) is 6.92 Å². The molecule has 2 heterocycles. The van der Waals surface area contributed by atoms with Crippen molar-refractivity contribution in [1.82, 2.24) is 9.97 Å². The van der Waals surface area contributed by atoms with Gasteiger partial charge >= 0.3 is 0 Å². The summed E-state index contributed by atoms with van der Waals surface area (Å²) in [6.45, 7) is 4.41. The second-order valence-electron chi connectivity index (χ2n) is 3.68. The zero-order chi connectivity index (χ0) is 13.1. The van der Waals surface area contributed by atoms with Crippen molar-refractivity contribution >= 4 is 38.3 Å². The molecule has 0 saturated heterocycles. The predicted octanol–water partition coefficient (Wildman–Crippen LogP) is 3.28. The summed E-state index contributed by atoms with van der Waals surface area (Å²) >= 11 is 4.76. The molecule has 0 unspecified atom stereocenters. The zero-order valence-corrected chi connectivity index (χ0v) is 12.5. The molecular weight excluding hydrogens is 314 g/mol. The SMILES string of the molecule is CCN(C(=O)c1ccc(Br)cn1)c1nc(C)cs1. The lowest BCUT2D eigenvalue weighted by molar-refractivity contribution is 0.0983. The molecule has 0 fully saturated rings. The largest absolute Gasteiger partial charge is 0.283 e. The molecule has 2 rings (SSSR count). The Morgan fingerprint density at radius 2 is 2.28 bits per heavy atom. The van der Waals surface area contributed by atoms with Crippen LogP contribution in [0.25, 0.3) is 0 Å². The quantitative estimate of drug-likeness (QED) is 0.870. The van der Waals surface area contributed by atoms with Crippen LogP contribution in [0.3, 0.4) is 0 Å². The molecule has 2 aromatic rings. The fourth-order valence-electron chi connectivity index (χ4n) is 1.47. The molecule has 6 heteroatoms. The Morgan fingerprint density at radius 1 is 1.50 bits per heavy atom. The summed E-state index contributed by atoms with van der Waals surface area (Å²) in [5.74, 6) is -0.126. The average molecular weight is 326 g/mol. The van der Waals surface area contributed by atoms with E-state index in [1.54, 1.807) is 23.2 Å². The number of hydrogen-bond acceptors (Lipinski definition) is 4. The van der Waals surface area contributed by atoms with Crippen LogP contribution in [0.5, 0.6) is 0 Å². The van der Waals surface area contributed by atoms with Crippen molar-refractivity contribution in [2.45, 2.75) is 13.8 Å². The third-order valence-electron chi connectivity index (χ3n) is 2.35. The highest BCUT2D eigenvalue weighted by atomic mass is 79.9. The highest BCUT2D eigenvalue weighted by Gasteiger charge is 2.19. The van der Waals surface area contributed by atoms with Gasteiger partial charge in [0.05, 0.1) is 5.69 Å². The van der Waals surface area contributed by atoms with Gasteiger partial charge in [-0.3, -0.25) is 9.69 Å². The van der Waals surface area contributed by atoms with Crippen molar-refractivity contribution in [2.75, 3.05) is 11.4 Å². The molecule has 0 N–H and O–H groups in total. The van der Waals surface area contributed by atoms with E-state index in [9.17, 15) is 4.79 Å². The maximum Gasteiger partial charge on any atom is 0.278 e. The van der Waals surface area contributed by atoms with Crippen molar-refractivity contribution in [3.05, 3.63) is 39.6 Å². The van der Waals surface area contributed by atoms with Gasteiger partial charge in [0.2, 0.25) is 0 Å². The van der Waals surface area contributed by atoms with Crippen LogP contribution in [-0.4, -0.2) is 22.4 Å². The topological polar surface area (TPSA) is 46.1 Å². The van der Waals surface area contributed by atoms with E-state index in [-0.39, 0.29) is 5.91 Å². The first-order chi connectivity index (χ1) is 8.61. The van der Waals surface area contributed by atoms with E-state index in [4.69, 9.17) is 0 Å². The van der Waals surface area contributed by atoms with Gasteiger partial charge in [-0.25, -0.2) is 9.97 Å². The summed E-state index contributed by atoms with van der Waals surface area (Å²) < 4.78 is 0.854. The van der Waals surface area contributed by atoms with Crippen LogP contribution in [0.4, 0.5) is 5.13 Å². The van der Waals surface area contributed by atoms with Crippen molar-refractivity contribution in [3.8, 4) is 0 Å². The summed E-state index contributed by atoms with van der Waals surface area (Å²) in [6, 6.07) is 3.51. The molecule has 1 amide bonds. The normalized spacial score (nSPS) is 10.4. The highest BCUT2D eigenvalue weighted by Crippen LogP contribution is 2.21. The molecule has 2 aromatic heterocycles. The Balaban J connectivity index is 2.28. The van der Waals surface area contributed by atoms with E-state index in [0.29, 0.717) is 17.4 Å². The number of hydrogen-bond donors (Lipinski definition) is 0. The maximum absolute atomic E-state index is 12.3. The van der Waals surface area contributed by atoms with Crippen LogP contribution in [-0.2, 0) is 0 Å². The number of aromatic nitrogens is 2. The Bertz CT molecular complexity index is 553. The molecule has 0 bridgehead atoms. The molecule has 0 aliphatic heterocycles. The first kappa shape index (κ1) is 13.2. The van der Waals surface area contributed by atoms with Gasteiger partial charge in [-0.15, -0.1) is 11.3 Å². The number of carbonyl (C=O) groups is 1. The Morgan fingerprint density at radius 3 is 2.78 bits per heavy atom. The molecule has 0 atom stereocenters. The first-order valence-electron chi connectivity index (χ1n) is 5.47. The molecule has 0 aliphatic carbocycles. The lowest BCUT2D eigenvalue weighted by Crippen LogP contribution is -2.31. The second kappa shape index (κ2) is 5.58. The summed E-state index contributed by atoms with van der Waals surface area (Å²) in [5, 5.41) is 2.64. The summed E-state index contributed by atoms with van der Waals surface area (Å²) in [6.07, 6.45) is 1.62. The number of aryl methyl sites for hydroxylation is 1. The number of thiazole rings is 1. The van der Waals surface area contributed by atoms with Gasteiger partial charge in [0, 0.05) is 22.6 Å². The number of rotatable bonds is 3. The maximum atomic E-state index is 12.3. The fraction of sp³-hybridized carbons (Fsp3) is 0.250. The van der Waals surface area contributed by atoms with E-state index < -0.39 is 0 Å². The number of amides is 1. The average Bonchev–Trinajstić information content (AvgIpc) is 2.77. The van der Waals surface area contributed by atoms with Crippen LogP contribution in [0.15, 0.2) is 28.2 Å². The van der Waals surface area contributed by atoms with E-state index in [0.717, 1.165) is 10.2 Å². The standard InChI is InChI=1S/C12H12BrN3OS/c1-3-16(12-15-8(2)7-18-12)11(17)10-5-4-9(13)6-14-10/h4-7H,3H2,1-2H3. The molecule has 0 radical (unpaired) electrons. The highest BCUT2D eigenvalue weighted by molar-refractivity contribution is 9.10. The van der Waals surface area contributed by atoms with Crippen molar-refractivity contribution in [1.29, 1.82) is 0 Å². The van der Waals surface area contributed by atoms with Gasteiger partial charge in [-0.1, -0.05) is 0 Å². The van der Waals surface area contributed by atoms with Gasteiger partial charge in [0.15, 0.2) is 5.13 Å².